The van der Waals surface area contributed by atoms with Crippen molar-refractivity contribution < 1.29 is 34.6 Å². The second kappa shape index (κ2) is 11.1. The highest BCUT2D eigenvalue weighted by Gasteiger charge is 2.46. The molecule has 0 saturated carbocycles. The van der Waals surface area contributed by atoms with Gasteiger partial charge in [-0.2, -0.15) is 0 Å². The normalized spacial score (nSPS) is 32.5. The van der Waals surface area contributed by atoms with Crippen LogP contribution in [0.15, 0.2) is 4.79 Å². The van der Waals surface area contributed by atoms with Crippen molar-refractivity contribution in [2.75, 3.05) is 13.7 Å². The van der Waals surface area contributed by atoms with Gasteiger partial charge in [-0.1, -0.05) is 32.6 Å². The first-order chi connectivity index (χ1) is 15.3. The lowest BCUT2D eigenvalue weighted by Gasteiger charge is -2.42. The molecule has 5 N–H and O–H groups in total. The molecule has 0 bridgehead atoms. The van der Waals surface area contributed by atoms with Crippen molar-refractivity contribution in [2.45, 2.75) is 102 Å². The van der Waals surface area contributed by atoms with Crippen molar-refractivity contribution in [3.8, 4) is 5.75 Å². The molecule has 0 spiro atoms. The lowest BCUT2D eigenvalue weighted by atomic mass is 9.80. The average molecular weight is 456 g/mol. The SMILES string of the molecule is CCCCCCC1CCC(OC2OC(CO)C(O)C(O)C2O)c2[nH]c(C)c(OC)c(=O)c21. The minimum atomic E-state index is -1.52. The number of pyridine rings is 1. The fourth-order valence-corrected chi connectivity index (χ4v) is 4.87. The van der Waals surface area contributed by atoms with Crippen LogP contribution >= 0.6 is 0 Å². The first-order valence-corrected chi connectivity index (χ1v) is 11.6. The number of aliphatic hydroxyl groups is 4. The molecular formula is C23H37NO8. The Morgan fingerprint density at radius 2 is 1.84 bits per heavy atom. The van der Waals surface area contributed by atoms with E-state index in [0.29, 0.717) is 23.4 Å². The number of aromatic amines is 1. The number of hydrogen-bond acceptors (Lipinski definition) is 8. The van der Waals surface area contributed by atoms with Gasteiger partial charge < -0.3 is 39.6 Å². The number of fused-ring (bicyclic) bond motifs is 1. The van der Waals surface area contributed by atoms with Crippen molar-refractivity contribution in [3.05, 3.63) is 27.2 Å². The van der Waals surface area contributed by atoms with Gasteiger partial charge in [0.2, 0.25) is 5.43 Å². The number of aliphatic hydroxyl groups excluding tert-OH is 4. The molecule has 2 heterocycles. The smallest absolute Gasteiger partial charge is 0.227 e. The van der Waals surface area contributed by atoms with Crippen LogP contribution in [0.5, 0.6) is 5.75 Å². The number of H-pyrrole nitrogens is 1. The summed E-state index contributed by atoms with van der Waals surface area (Å²) in [7, 11) is 1.48. The van der Waals surface area contributed by atoms with Gasteiger partial charge >= 0.3 is 0 Å². The Bertz CT molecular complexity index is 810. The maximum absolute atomic E-state index is 13.3. The Labute approximate surface area is 188 Å². The van der Waals surface area contributed by atoms with E-state index in [1.165, 1.54) is 7.11 Å². The molecule has 0 aromatic carbocycles. The molecule has 0 radical (unpaired) electrons. The van der Waals surface area contributed by atoms with Gasteiger partial charge in [-0.15, -0.1) is 0 Å². The third-order valence-corrected chi connectivity index (χ3v) is 6.67. The number of rotatable bonds is 9. The van der Waals surface area contributed by atoms with Crippen LogP contribution in [0.3, 0.4) is 0 Å². The summed E-state index contributed by atoms with van der Waals surface area (Å²) < 4.78 is 16.9. The number of aryl methyl sites for hydroxylation is 1. The summed E-state index contributed by atoms with van der Waals surface area (Å²) in [6.07, 6.45) is -0.651. The Morgan fingerprint density at radius 1 is 1.09 bits per heavy atom. The standard InChI is InChI=1S/C23H37NO8/c1-4-5-6-7-8-13-9-10-14(17-16(13)19(27)22(30-3)12(2)24-17)31-23-21(29)20(28)18(26)15(11-25)32-23/h13-15,18,20-21,23,25-26,28-29H,4-11H2,1-3H3,(H,24,27). The summed E-state index contributed by atoms with van der Waals surface area (Å²) in [5.74, 6) is 0.366. The van der Waals surface area contributed by atoms with E-state index in [1.807, 2.05) is 0 Å². The molecule has 0 amide bonds. The van der Waals surface area contributed by atoms with E-state index >= 15 is 0 Å². The molecular weight excluding hydrogens is 418 g/mol. The predicted molar refractivity (Wildman–Crippen MR) is 117 cm³/mol. The highest BCUT2D eigenvalue weighted by atomic mass is 16.7. The minimum absolute atomic E-state index is 0.0785. The third kappa shape index (κ3) is 5.03. The Morgan fingerprint density at radius 3 is 2.50 bits per heavy atom. The second-order valence-corrected chi connectivity index (χ2v) is 8.89. The van der Waals surface area contributed by atoms with Gasteiger partial charge in [0.25, 0.3) is 0 Å². The maximum Gasteiger partial charge on any atom is 0.227 e. The Balaban J connectivity index is 1.88. The maximum atomic E-state index is 13.3. The van der Waals surface area contributed by atoms with Gasteiger partial charge in [-0.05, 0) is 32.1 Å². The largest absolute Gasteiger partial charge is 0.491 e. The molecule has 1 aliphatic heterocycles. The lowest BCUT2D eigenvalue weighted by Crippen LogP contribution is -2.59. The van der Waals surface area contributed by atoms with Crippen molar-refractivity contribution in [3.63, 3.8) is 0 Å². The van der Waals surface area contributed by atoms with E-state index in [4.69, 9.17) is 14.2 Å². The van der Waals surface area contributed by atoms with Crippen molar-refractivity contribution in [1.29, 1.82) is 0 Å². The average Bonchev–Trinajstić information content (AvgIpc) is 2.78. The number of unbranched alkanes of at least 4 members (excludes halogenated alkanes) is 3. The van der Waals surface area contributed by atoms with Crippen molar-refractivity contribution in [1.82, 2.24) is 4.98 Å². The summed E-state index contributed by atoms with van der Waals surface area (Å²) in [5, 5.41) is 39.9. The highest BCUT2D eigenvalue weighted by molar-refractivity contribution is 5.39. The number of aromatic nitrogens is 1. The summed E-state index contributed by atoms with van der Waals surface area (Å²) in [4.78, 5) is 16.5. The molecule has 182 valence electrons. The molecule has 32 heavy (non-hydrogen) atoms. The van der Waals surface area contributed by atoms with Crippen LogP contribution in [0, 0.1) is 6.92 Å². The topological polar surface area (TPSA) is 141 Å². The van der Waals surface area contributed by atoms with Gasteiger partial charge in [-0.3, -0.25) is 4.79 Å². The molecule has 7 unspecified atom stereocenters. The molecule has 1 aromatic heterocycles. The molecule has 1 aromatic rings. The van der Waals surface area contributed by atoms with Gasteiger partial charge in [0.15, 0.2) is 12.0 Å². The quantitative estimate of drug-likeness (QED) is 0.352. The van der Waals surface area contributed by atoms with Gasteiger partial charge in [0, 0.05) is 5.56 Å². The minimum Gasteiger partial charge on any atom is -0.491 e. The summed E-state index contributed by atoms with van der Waals surface area (Å²) >= 11 is 0. The summed E-state index contributed by atoms with van der Waals surface area (Å²) in [6.45, 7) is 3.39. The molecule has 7 atom stereocenters. The Hall–Kier alpha value is -1.49. The summed E-state index contributed by atoms with van der Waals surface area (Å²) in [6, 6.07) is 0. The van der Waals surface area contributed by atoms with Crippen LogP contribution in [0.2, 0.25) is 0 Å². The van der Waals surface area contributed by atoms with Gasteiger partial charge in [0.1, 0.15) is 30.5 Å². The monoisotopic (exact) mass is 455 g/mol. The zero-order valence-electron chi connectivity index (χ0n) is 19.1. The van der Waals surface area contributed by atoms with Crippen LogP contribution in [0.25, 0.3) is 0 Å². The highest BCUT2D eigenvalue weighted by Crippen LogP contribution is 2.42. The van der Waals surface area contributed by atoms with E-state index in [2.05, 4.69) is 11.9 Å². The fourth-order valence-electron chi connectivity index (χ4n) is 4.87. The fraction of sp³-hybridized carbons (Fsp3) is 0.783. The van der Waals surface area contributed by atoms with Crippen LogP contribution in [0.4, 0.5) is 0 Å². The van der Waals surface area contributed by atoms with Crippen molar-refractivity contribution >= 4 is 0 Å². The van der Waals surface area contributed by atoms with Crippen LogP contribution in [-0.4, -0.2) is 69.8 Å². The molecule has 1 saturated heterocycles. The summed E-state index contributed by atoms with van der Waals surface area (Å²) in [5.41, 5.74) is 1.72. The van der Waals surface area contributed by atoms with Gasteiger partial charge in [-0.25, -0.2) is 0 Å². The van der Waals surface area contributed by atoms with E-state index < -0.39 is 43.4 Å². The van der Waals surface area contributed by atoms with Crippen molar-refractivity contribution in [2.24, 2.45) is 0 Å². The molecule has 9 nitrogen and oxygen atoms in total. The lowest BCUT2D eigenvalue weighted by molar-refractivity contribution is -0.313. The predicted octanol–water partition coefficient (Wildman–Crippen LogP) is 1.40. The van der Waals surface area contributed by atoms with E-state index in [-0.39, 0.29) is 17.1 Å². The molecule has 1 fully saturated rings. The molecule has 2 aliphatic rings. The zero-order valence-corrected chi connectivity index (χ0v) is 19.1. The third-order valence-electron chi connectivity index (χ3n) is 6.67. The number of ether oxygens (including phenoxy) is 3. The van der Waals surface area contributed by atoms with Crippen LogP contribution < -0.4 is 10.2 Å². The molecule has 3 rings (SSSR count). The zero-order chi connectivity index (χ0) is 23.4. The van der Waals surface area contributed by atoms with E-state index in [9.17, 15) is 25.2 Å². The Kier molecular flexibility index (Phi) is 8.71. The number of nitrogens with one attached hydrogen (secondary N) is 1. The second-order valence-electron chi connectivity index (χ2n) is 8.89. The van der Waals surface area contributed by atoms with Gasteiger partial charge in [0.05, 0.1) is 25.1 Å². The van der Waals surface area contributed by atoms with E-state index in [1.54, 1.807) is 6.92 Å². The molecule has 1 aliphatic carbocycles. The van der Waals surface area contributed by atoms with E-state index in [0.717, 1.165) is 38.5 Å². The number of hydrogen-bond donors (Lipinski definition) is 5. The van der Waals surface area contributed by atoms with Crippen LogP contribution in [-0.2, 0) is 9.47 Å². The molecule has 9 heteroatoms. The first-order valence-electron chi connectivity index (χ1n) is 11.6. The first kappa shape index (κ1) is 25.1. The van der Waals surface area contributed by atoms with Crippen LogP contribution in [0.1, 0.15) is 80.8 Å². The number of methoxy groups -OCH3 is 1.